The number of halogens is 1. The minimum atomic E-state index is 0.194. The van der Waals surface area contributed by atoms with Gasteiger partial charge in [0.1, 0.15) is 0 Å². The lowest BCUT2D eigenvalue weighted by atomic mass is 10.1. The first-order valence-corrected chi connectivity index (χ1v) is 8.19. The molecular weight excluding hydrogens is 315 g/mol. The summed E-state index contributed by atoms with van der Waals surface area (Å²) in [5.41, 5.74) is 0.194. The highest BCUT2D eigenvalue weighted by Gasteiger charge is 2.33. The van der Waals surface area contributed by atoms with Gasteiger partial charge in [0.2, 0.25) is 0 Å². The van der Waals surface area contributed by atoms with Crippen molar-refractivity contribution >= 4 is 22.6 Å². The molecule has 0 aromatic rings. The van der Waals surface area contributed by atoms with Gasteiger partial charge in [0.25, 0.3) is 0 Å². The van der Waals surface area contributed by atoms with Gasteiger partial charge in [0.05, 0.1) is 24.9 Å². The fraction of sp³-hybridized carbons (Fsp3) is 1.00. The number of alkyl halides is 1. The predicted molar refractivity (Wildman–Crippen MR) is 74.2 cm³/mol. The summed E-state index contributed by atoms with van der Waals surface area (Å²) in [7, 11) is 0. The molecule has 2 saturated carbocycles. The molecular formula is C13H23IO2. The van der Waals surface area contributed by atoms with Crippen LogP contribution in [0.5, 0.6) is 0 Å². The summed E-state index contributed by atoms with van der Waals surface area (Å²) in [6, 6.07) is 0. The van der Waals surface area contributed by atoms with Gasteiger partial charge in [0, 0.05) is 4.43 Å². The van der Waals surface area contributed by atoms with Crippen molar-refractivity contribution in [3.63, 3.8) is 0 Å². The van der Waals surface area contributed by atoms with E-state index in [0.717, 1.165) is 17.6 Å². The summed E-state index contributed by atoms with van der Waals surface area (Å²) < 4.78 is 13.0. The smallest absolute Gasteiger partial charge is 0.0772 e. The molecule has 0 unspecified atom stereocenters. The van der Waals surface area contributed by atoms with Crippen LogP contribution >= 0.6 is 22.6 Å². The molecule has 16 heavy (non-hydrogen) atoms. The molecule has 2 fully saturated rings. The summed E-state index contributed by atoms with van der Waals surface area (Å²) in [4.78, 5) is 0. The maximum absolute atomic E-state index is 6.07. The van der Waals surface area contributed by atoms with Crippen molar-refractivity contribution in [2.45, 2.75) is 63.1 Å². The normalized spacial score (nSPS) is 25.3. The fourth-order valence-corrected chi connectivity index (χ4v) is 3.85. The van der Waals surface area contributed by atoms with Gasteiger partial charge in [-0.2, -0.15) is 0 Å². The van der Waals surface area contributed by atoms with Crippen LogP contribution in [0.3, 0.4) is 0 Å². The van der Waals surface area contributed by atoms with Crippen LogP contribution in [0.25, 0.3) is 0 Å². The molecule has 0 aliphatic heterocycles. The van der Waals surface area contributed by atoms with Gasteiger partial charge >= 0.3 is 0 Å². The highest BCUT2D eigenvalue weighted by atomic mass is 127. The maximum atomic E-state index is 6.07. The van der Waals surface area contributed by atoms with E-state index in [1.807, 2.05) is 0 Å². The molecule has 94 valence electrons. The van der Waals surface area contributed by atoms with E-state index in [-0.39, 0.29) is 5.60 Å². The molecule has 0 heterocycles. The molecule has 0 atom stereocenters. The summed E-state index contributed by atoms with van der Waals surface area (Å²) in [6.07, 6.45) is 10.9. The largest absolute Gasteiger partial charge is 0.376 e. The molecule has 0 spiro atoms. The van der Waals surface area contributed by atoms with E-state index in [9.17, 15) is 0 Å². The second-order valence-corrected chi connectivity index (χ2v) is 5.91. The van der Waals surface area contributed by atoms with Crippen LogP contribution in [0.15, 0.2) is 0 Å². The molecule has 0 aromatic carbocycles. The van der Waals surface area contributed by atoms with Gasteiger partial charge in [-0.05, 0) is 25.7 Å². The Morgan fingerprint density at radius 2 is 1.69 bits per heavy atom. The van der Waals surface area contributed by atoms with Crippen LogP contribution in [0.4, 0.5) is 0 Å². The third-order valence-electron chi connectivity index (χ3n) is 3.91. The Kier molecular flexibility index (Phi) is 5.36. The average molecular weight is 338 g/mol. The third kappa shape index (κ3) is 3.57. The zero-order chi connectivity index (χ0) is 11.3. The van der Waals surface area contributed by atoms with E-state index >= 15 is 0 Å². The minimum Gasteiger partial charge on any atom is -0.376 e. The first-order chi connectivity index (χ1) is 7.85. The highest BCUT2D eigenvalue weighted by Crippen LogP contribution is 2.34. The van der Waals surface area contributed by atoms with Crippen LogP contribution in [-0.2, 0) is 9.47 Å². The van der Waals surface area contributed by atoms with E-state index < -0.39 is 0 Å². The molecule has 3 heteroatoms. The lowest BCUT2D eigenvalue weighted by molar-refractivity contribution is -0.0606. The average Bonchev–Trinajstić information content (AvgIpc) is 2.97. The van der Waals surface area contributed by atoms with E-state index in [2.05, 4.69) is 22.6 Å². The van der Waals surface area contributed by atoms with E-state index in [1.165, 1.54) is 51.4 Å². The molecule has 0 bridgehead atoms. The number of hydrogen-bond acceptors (Lipinski definition) is 2. The van der Waals surface area contributed by atoms with Crippen LogP contribution in [0, 0.1) is 0 Å². The topological polar surface area (TPSA) is 18.5 Å². The number of ether oxygens (including phenoxy) is 2. The van der Waals surface area contributed by atoms with Crippen molar-refractivity contribution in [1.82, 2.24) is 0 Å². The van der Waals surface area contributed by atoms with Gasteiger partial charge < -0.3 is 9.47 Å². The first kappa shape index (κ1) is 13.1. The van der Waals surface area contributed by atoms with Crippen LogP contribution < -0.4 is 0 Å². The molecule has 0 amide bonds. The van der Waals surface area contributed by atoms with Crippen molar-refractivity contribution in [2.75, 3.05) is 17.6 Å². The van der Waals surface area contributed by atoms with E-state index in [1.54, 1.807) is 0 Å². The zero-order valence-corrected chi connectivity index (χ0v) is 12.2. The molecule has 2 aliphatic rings. The van der Waals surface area contributed by atoms with Crippen molar-refractivity contribution in [3.8, 4) is 0 Å². The lowest BCUT2D eigenvalue weighted by Crippen LogP contribution is -2.32. The Hall–Kier alpha value is 0.650. The van der Waals surface area contributed by atoms with Gasteiger partial charge in [-0.25, -0.2) is 0 Å². The van der Waals surface area contributed by atoms with Gasteiger partial charge in [-0.15, -0.1) is 0 Å². The van der Waals surface area contributed by atoms with Crippen LogP contribution in [0.2, 0.25) is 0 Å². The predicted octanol–water partition coefficient (Wildman–Crippen LogP) is 3.71. The molecule has 2 aliphatic carbocycles. The summed E-state index contributed by atoms with van der Waals surface area (Å²) in [5, 5.41) is 0. The van der Waals surface area contributed by atoms with Crippen molar-refractivity contribution in [1.29, 1.82) is 0 Å². The third-order valence-corrected chi connectivity index (χ3v) is 5.30. The van der Waals surface area contributed by atoms with Gasteiger partial charge in [-0.1, -0.05) is 48.3 Å². The van der Waals surface area contributed by atoms with Crippen molar-refractivity contribution in [3.05, 3.63) is 0 Å². The minimum absolute atomic E-state index is 0.194. The monoisotopic (exact) mass is 338 g/mol. The number of hydrogen-bond donors (Lipinski definition) is 0. The summed E-state index contributed by atoms with van der Waals surface area (Å²) in [5.74, 6) is 0. The Bertz CT molecular complexity index is 196. The first-order valence-electron chi connectivity index (χ1n) is 6.66. The fourth-order valence-electron chi connectivity index (χ4n) is 2.86. The van der Waals surface area contributed by atoms with Crippen molar-refractivity contribution in [2.24, 2.45) is 0 Å². The summed E-state index contributed by atoms with van der Waals surface area (Å²) in [6.45, 7) is 1.59. The molecule has 0 saturated heterocycles. The van der Waals surface area contributed by atoms with Gasteiger partial charge in [-0.3, -0.25) is 0 Å². The Balaban J connectivity index is 1.59. The molecule has 2 rings (SSSR count). The quantitative estimate of drug-likeness (QED) is 0.418. The van der Waals surface area contributed by atoms with Crippen LogP contribution in [-0.4, -0.2) is 29.3 Å². The number of rotatable bonds is 6. The SMILES string of the molecule is ICC1(OCCOC2CCCC2)CCCC1. The Morgan fingerprint density at radius 1 is 1.00 bits per heavy atom. The Labute approximate surface area is 113 Å². The van der Waals surface area contributed by atoms with Crippen LogP contribution in [0.1, 0.15) is 51.4 Å². The van der Waals surface area contributed by atoms with Crippen molar-refractivity contribution < 1.29 is 9.47 Å². The Morgan fingerprint density at radius 3 is 2.31 bits per heavy atom. The molecule has 2 nitrogen and oxygen atoms in total. The highest BCUT2D eigenvalue weighted by molar-refractivity contribution is 14.1. The maximum Gasteiger partial charge on any atom is 0.0772 e. The lowest BCUT2D eigenvalue weighted by Gasteiger charge is -2.27. The molecule has 0 aromatic heterocycles. The van der Waals surface area contributed by atoms with E-state index in [4.69, 9.17) is 9.47 Å². The van der Waals surface area contributed by atoms with Gasteiger partial charge in [0.15, 0.2) is 0 Å². The second kappa shape index (κ2) is 6.55. The standard InChI is InChI=1S/C13H23IO2/c14-11-13(7-3-4-8-13)16-10-9-15-12-5-1-2-6-12/h12H,1-11H2. The molecule has 0 N–H and O–H groups in total. The van der Waals surface area contributed by atoms with E-state index in [0.29, 0.717) is 6.10 Å². The summed E-state index contributed by atoms with van der Waals surface area (Å²) >= 11 is 2.47. The second-order valence-electron chi connectivity index (χ2n) is 5.15. The zero-order valence-electron chi connectivity index (χ0n) is 10.0. The molecule has 0 radical (unpaired) electrons.